The van der Waals surface area contributed by atoms with E-state index < -0.39 is 11.4 Å². The fourth-order valence-corrected chi connectivity index (χ4v) is 6.70. The third-order valence-electron chi connectivity index (χ3n) is 6.17. The third-order valence-corrected chi connectivity index (χ3v) is 8.53. The molecule has 214 valence electrons. The summed E-state index contributed by atoms with van der Waals surface area (Å²) < 4.78 is 33.6. The van der Waals surface area contributed by atoms with E-state index in [-0.39, 0.29) is 26.4 Å². The van der Waals surface area contributed by atoms with Crippen LogP contribution < -0.4 is 19.3 Å². The number of allylic oxidation sites excluding steroid dienone is 2. The van der Waals surface area contributed by atoms with E-state index in [1.165, 1.54) is 11.8 Å². The van der Waals surface area contributed by atoms with E-state index in [0.29, 0.717) is 38.7 Å². The summed E-state index contributed by atoms with van der Waals surface area (Å²) in [7, 11) is 8.61. The number of fused-ring (bicyclic) bond motifs is 2. The molecule has 2 aliphatic rings. The quantitative estimate of drug-likeness (QED) is 0.223. The monoisotopic (exact) mass is 588 g/mol. The number of halogens is 1. The van der Waals surface area contributed by atoms with Crippen molar-refractivity contribution in [2.45, 2.75) is 14.6 Å². The summed E-state index contributed by atoms with van der Waals surface area (Å²) in [5.74, 6) is 1.35. The van der Waals surface area contributed by atoms with Crippen LogP contribution in [-0.2, 0) is 9.47 Å². The van der Waals surface area contributed by atoms with Crippen molar-refractivity contribution >= 4 is 42.7 Å². The van der Waals surface area contributed by atoms with Gasteiger partial charge in [-0.05, 0) is 36.4 Å². The molecule has 0 saturated carbocycles. The van der Waals surface area contributed by atoms with Crippen LogP contribution in [0.4, 0.5) is 15.8 Å². The number of rotatable bonds is 16. The number of ether oxygens (including phenoxy) is 4. The van der Waals surface area contributed by atoms with E-state index in [1.807, 2.05) is 54.6 Å². The molecule has 2 radical (unpaired) electrons. The van der Waals surface area contributed by atoms with Crippen molar-refractivity contribution in [1.29, 1.82) is 0 Å². The Kier molecular flexibility index (Phi) is 11.5. The zero-order valence-electron chi connectivity index (χ0n) is 22.5. The molecule has 0 bridgehead atoms. The lowest BCUT2D eigenvalue weighted by Gasteiger charge is -2.34. The van der Waals surface area contributed by atoms with Crippen LogP contribution in [0.2, 0.25) is 0 Å². The maximum absolute atomic E-state index is 12.6. The standard InChI is InChI=1S/C28H34BFN2O6S2/c1-35-21-5-7-25-24(19-21)31(10-12-33)27(39-25)3-2-8-28(29)32(11-15-36-17-18-37-16-13-34)23-6-4-22(38-14-9-30)20-26(23)40-28/h2-8,19-20,33-34H,9-18H2,1H3/b8-2+,27-3-. The number of hydrogen-bond acceptors (Lipinski definition) is 10. The topological polar surface area (TPSA) is 83.9 Å². The zero-order chi connectivity index (χ0) is 28.4. The Bertz CT molecular complexity index is 1190. The predicted octanol–water partition coefficient (Wildman–Crippen LogP) is 3.81. The second kappa shape index (κ2) is 15.0. The summed E-state index contributed by atoms with van der Waals surface area (Å²) in [5, 5.41) is 19.5. The van der Waals surface area contributed by atoms with Crippen LogP contribution in [0.25, 0.3) is 0 Å². The van der Waals surface area contributed by atoms with Crippen molar-refractivity contribution in [3.05, 3.63) is 59.7 Å². The summed E-state index contributed by atoms with van der Waals surface area (Å²) in [5.41, 5.74) is 1.93. The van der Waals surface area contributed by atoms with Crippen LogP contribution in [0, 0.1) is 0 Å². The minimum absolute atomic E-state index is 0.00310. The molecule has 0 amide bonds. The van der Waals surface area contributed by atoms with Crippen LogP contribution in [0.1, 0.15) is 0 Å². The first kappa shape index (κ1) is 30.6. The number of hydrogen-bond donors (Lipinski definition) is 2. The molecule has 2 aromatic rings. The first-order valence-electron chi connectivity index (χ1n) is 13.0. The fourth-order valence-electron chi connectivity index (χ4n) is 4.36. The molecule has 0 fully saturated rings. The van der Waals surface area contributed by atoms with E-state index >= 15 is 0 Å². The highest BCUT2D eigenvalue weighted by molar-refractivity contribution is 8.03. The first-order valence-corrected chi connectivity index (χ1v) is 14.6. The van der Waals surface area contributed by atoms with E-state index in [1.54, 1.807) is 18.9 Å². The third kappa shape index (κ3) is 7.48. The molecular weight excluding hydrogens is 554 g/mol. The lowest BCUT2D eigenvalue weighted by Crippen LogP contribution is -2.44. The number of thioether (sulfide) groups is 2. The first-order chi connectivity index (χ1) is 19.5. The molecule has 2 heterocycles. The van der Waals surface area contributed by atoms with E-state index in [2.05, 4.69) is 9.80 Å². The van der Waals surface area contributed by atoms with Gasteiger partial charge in [0.25, 0.3) is 0 Å². The minimum Gasteiger partial charge on any atom is -0.497 e. The number of methoxy groups -OCH3 is 1. The molecule has 0 spiro atoms. The van der Waals surface area contributed by atoms with Gasteiger partial charge in [-0.3, -0.25) is 0 Å². The van der Waals surface area contributed by atoms with E-state index in [9.17, 15) is 9.50 Å². The Labute approximate surface area is 244 Å². The highest BCUT2D eigenvalue weighted by Gasteiger charge is 2.38. The number of benzene rings is 2. The Morgan fingerprint density at radius 3 is 2.48 bits per heavy atom. The smallest absolute Gasteiger partial charge is 0.125 e. The maximum atomic E-state index is 12.6. The van der Waals surface area contributed by atoms with Gasteiger partial charge in [-0.15, -0.1) is 11.8 Å². The van der Waals surface area contributed by atoms with Gasteiger partial charge in [0.2, 0.25) is 0 Å². The Hall–Kier alpha value is -2.35. The molecule has 0 aliphatic carbocycles. The SMILES string of the molecule is [B]C1(/C=C/C=C2\Sc3ccc(OC)cc3N2CCO)Sc2cc(OCCF)ccc2N1CCOCCOCCO. The van der Waals surface area contributed by atoms with Gasteiger partial charge in [0.1, 0.15) is 32.6 Å². The molecule has 12 heteroatoms. The molecule has 2 N–H and O–H groups in total. The molecule has 8 nitrogen and oxygen atoms in total. The van der Waals surface area contributed by atoms with Crippen molar-refractivity contribution in [1.82, 2.24) is 0 Å². The maximum Gasteiger partial charge on any atom is 0.125 e. The zero-order valence-corrected chi connectivity index (χ0v) is 24.1. The summed E-state index contributed by atoms with van der Waals surface area (Å²) in [6.07, 6.45) is 5.87. The van der Waals surface area contributed by atoms with Crippen LogP contribution in [-0.4, -0.2) is 96.0 Å². The largest absolute Gasteiger partial charge is 0.497 e. The van der Waals surface area contributed by atoms with Crippen LogP contribution in [0.3, 0.4) is 0 Å². The fraction of sp³-hybridized carbons (Fsp3) is 0.429. The molecule has 1 unspecified atom stereocenters. The molecule has 40 heavy (non-hydrogen) atoms. The van der Waals surface area contributed by atoms with Gasteiger partial charge >= 0.3 is 0 Å². The lowest BCUT2D eigenvalue weighted by molar-refractivity contribution is 0.0350. The van der Waals surface area contributed by atoms with Gasteiger partial charge in [-0.2, -0.15) is 0 Å². The van der Waals surface area contributed by atoms with Gasteiger partial charge in [-0.1, -0.05) is 23.9 Å². The summed E-state index contributed by atoms with van der Waals surface area (Å²) in [4.78, 5) is 6.15. The van der Waals surface area contributed by atoms with Gasteiger partial charge < -0.3 is 39.0 Å². The van der Waals surface area contributed by atoms with Crippen molar-refractivity contribution < 1.29 is 33.6 Å². The summed E-state index contributed by atoms with van der Waals surface area (Å²) in [6, 6.07) is 11.5. The average Bonchev–Trinajstić information content (AvgIpc) is 3.44. The Morgan fingerprint density at radius 2 is 1.73 bits per heavy atom. The number of aliphatic hydroxyl groups excluding tert-OH is 2. The normalized spacial score (nSPS) is 19.1. The van der Waals surface area contributed by atoms with Gasteiger partial charge in [0.15, 0.2) is 0 Å². The molecule has 1 atom stereocenters. The number of alkyl halides is 1. The number of anilines is 2. The number of nitrogens with zero attached hydrogens (tertiary/aromatic N) is 2. The van der Waals surface area contributed by atoms with Crippen molar-refractivity contribution in [3.8, 4) is 11.5 Å². The lowest BCUT2D eigenvalue weighted by atomic mass is 9.92. The van der Waals surface area contributed by atoms with Crippen LogP contribution >= 0.6 is 23.5 Å². The average molecular weight is 589 g/mol. The molecule has 2 aliphatic heterocycles. The number of β-amino-alcohol motifs (C(OH)–C–C–N with tert-alkyl or cyclic N) is 1. The highest BCUT2D eigenvalue weighted by atomic mass is 32.2. The Balaban J connectivity index is 1.51. The number of aliphatic hydroxyl groups is 2. The van der Waals surface area contributed by atoms with Crippen LogP contribution in [0.5, 0.6) is 11.5 Å². The second-order valence-electron chi connectivity index (χ2n) is 8.80. The highest BCUT2D eigenvalue weighted by Crippen LogP contribution is 2.51. The van der Waals surface area contributed by atoms with Crippen molar-refractivity contribution in [3.63, 3.8) is 0 Å². The molecule has 0 saturated heterocycles. The molecular formula is C28H34BFN2O6S2. The molecule has 4 rings (SSSR count). The van der Waals surface area contributed by atoms with Gasteiger partial charge in [-0.25, -0.2) is 4.39 Å². The Morgan fingerprint density at radius 1 is 0.925 bits per heavy atom. The van der Waals surface area contributed by atoms with Gasteiger partial charge in [0.05, 0.1) is 67.9 Å². The van der Waals surface area contributed by atoms with Crippen molar-refractivity contribution in [2.75, 3.05) is 82.9 Å². The molecule has 0 aromatic heterocycles. The second-order valence-corrected chi connectivity index (χ2v) is 11.2. The minimum atomic E-state index is -0.907. The summed E-state index contributed by atoms with van der Waals surface area (Å²) in [6.45, 7) is 1.92. The van der Waals surface area contributed by atoms with E-state index in [4.69, 9.17) is 31.9 Å². The predicted molar refractivity (Wildman–Crippen MR) is 159 cm³/mol. The summed E-state index contributed by atoms with van der Waals surface area (Å²) >= 11 is 3.10. The van der Waals surface area contributed by atoms with Crippen LogP contribution in [0.15, 0.2) is 69.4 Å². The van der Waals surface area contributed by atoms with E-state index in [0.717, 1.165) is 31.9 Å². The van der Waals surface area contributed by atoms with Crippen molar-refractivity contribution in [2.24, 2.45) is 0 Å². The van der Waals surface area contributed by atoms with Gasteiger partial charge in [0, 0.05) is 28.9 Å². The molecule has 2 aromatic carbocycles.